The second kappa shape index (κ2) is 6.25. The van der Waals surface area contributed by atoms with Crippen LogP contribution in [0.2, 0.25) is 0 Å². The van der Waals surface area contributed by atoms with Crippen molar-refractivity contribution >= 4 is 17.6 Å². The number of carbonyl (C=O) groups excluding carboxylic acids is 1. The highest BCUT2D eigenvalue weighted by Gasteiger charge is 1.97. The maximum absolute atomic E-state index is 10.5. The van der Waals surface area contributed by atoms with Gasteiger partial charge in [-0.1, -0.05) is 30.3 Å². The van der Waals surface area contributed by atoms with Crippen molar-refractivity contribution in [3.8, 4) is 0 Å². The Balaban J connectivity index is 2.35. The number of hydrogen-bond donors (Lipinski definition) is 0. The highest BCUT2D eigenvalue weighted by Crippen LogP contribution is 2.08. The van der Waals surface area contributed by atoms with Gasteiger partial charge in [0.2, 0.25) is 0 Å². The molecule has 1 aromatic rings. The molecule has 0 atom stereocenters. The van der Waals surface area contributed by atoms with E-state index in [9.17, 15) is 4.79 Å². The standard InChI is InChI=1S/C12H13ClO2/c1-10(14)15-12(13)9-5-8-11-6-3-2-4-7-11/h2-4,6-7,9H,5,8H2,1H3/b12-9-. The van der Waals surface area contributed by atoms with Crippen LogP contribution in [-0.2, 0) is 16.0 Å². The molecular formula is C12H13ClO2. The predicted molar refractivity (Wildman–Crippen MR) is 60.5 cm³/mol. The fourth-order valence-corrected chi connectivity index (χ4v) is 1.39. The van der Waals surface area contributed by atoms with Crippen LogP contribution in [-0.4, -0.2) is 5.97 Å². The fourth-order valence-electron chi connectivity index (χ4n) is 1.18. The lowest BCUT2D eigenvalue weighted by Crippen LogP contribution is -1.94. The summed E-state index contributed by atoms with van der Waals surface area (Å²) in [4.78, 5) is 10.5. The minimum atomic E-state index is -0.393. The van der Waals surface area contributed by atoms with Crippen LogP contribution in [0.3, 0.4) is 0 Å². The summed E-state index contributed by atoms with van der Waals surface area (Å²) in [6, 6.07) is 10.1. The maximum Gasteiger partial charge on any atom is 0.308 e. The number of ether oxygens (including phenoxy) is 1. The summed E-state index contributed by atoms with van der Waals surface area (Å²) in [5.41, 5.74) is 1.24. The third kappa shape index (κ3) is 5.23. The van der Waals surface area contributed by atoms with Gasteiger partial charge < -0.3 is 4.74 Å². The summed E-state index contributed by atoms with van der Waals surface area (Å²) < 4.78 is 4.68. The molecule has 15 heavy (non-hydrogen) atoms. The van der Waals surface area contributed by atoms with Crippen LogP contribution in [0.5, 0.6) is 0 Å². The molecule has 2 nitrogen and oxygen atoms in total. The second-order valence-electron chi connectivity index (χ2n) is 3.13. The van der Waals surface area contributed by atoms with Crippen molar-refractivity contribution in [3.05, 3.63) is 47.2 Å². The van der Waals surface area contributed by atoms with E-state index in [0.29, 0.717) is 0 Å². The summed E-state index contributed by atoms with van der Waals surface area (Å²) in [6.07, 6.45) is 3.35. The summed E-state index contributed by atoms with van der Waals surface area (Å²) in [7, 11) is 0. The molecule has 0 unspecified atom stereocenters. The van der Waals surface area contributed by atoms with E-state index in [0.717, 1.165) is 12.8 Å². The van der Waals surface area contributed by atoms with E-state index >= 15 is 0 Å². The third-order valence-corrected chi connectivity index (χ3v) is 2.05. The van der Waals surface area contributed by atoms with Crippen molar-refractivity contribution in [1.29, 1.82) is 0 Å². The predicted octanol–water partition coefficient (Wildman–Crippen LogP) is 3.26. The SMILES string of the molecule is CC(=O)O/C(Cl)=C\CCc1ccccc1. The molecule has 0 spiro atoms. The highest BCUT2D eigenvalue weighted by molar-refractivity contribution is 6.28. The normalized spacial score (nSPS) is 11.2. The smallest absolute Gasteiger partial charge is 0.308 e. The molecule has 1 aromatic carbocycles. The van der Waals surface area contributed by atoms with Crippen LogP contribution >= 0.6 is 11.6 Å². The van der Waals surface area contributed by atoms with Gasteiger partial charge in [-0.2, -0.15) is 0 Å². The van der Waals surface area contributed by atoms with Crippen LogP contribution in [0.4, 0.5) is 0 Å². The topological polar surface area (TPSA) is 26.3 Å². The molecule has 80 valence electrons. The lowest BCUT2D eigenvalue weighted by Gasteiger charge is -1.99. The lowest BCUT2D eigenvalue weighted by atomic mass is 10.1. The Bertz CT molecular complexity index is 344. The van der Waals surface area contributed by atoms with E-state index in [1.54, 1.807) is 6.08 Å². The van der Waals surface area contributed by atoms with Crippen LogP contribution in [0.15, 0.2) is 41.6 Å². The molecule has 0 fully saturated rings. The van der Waals surface area contributed by atoms with Crippen LogP contribution in [0, 0.1) is 0 Å². The number of benzene rings is 1. The highest BCUT2D eigenvalue weighted by atomic mass is 35.5. The number of allylic oxidation sites excluding steroid dienone is 1. The van der Waals surface area contributed by atoms with Gasteiger partial charge in [0, 0.05) is 6.92 Å². The lowest BCUT2D eigenvalue weighted by molar-refractivity contribution is -0.135. The minimum absolute atomic E-state index is 0.151. The molecular weight excluding hydrogens is 212 g/mol. The quantitative estimate of drug-likeness (QED) is 0.580. The van der Waals surface area contributed by atoms with Crippen molar-refractivity contribution < 1.29 is 9.53 Å². The number of carbonyl (C=O) groups is 1. The first kappa shape index (κ1) is 11.8. The Morgan fingerprint density at radius 3 is 2.67 bits per heavy atom. The Kier molecular flexibility index (Phi) is 4.91. The van der Waals surface area contributed by atoms with E-state index in [2.05, 4.69) is 4.74 Å². The average Bonchev–Trinajstić information content (AvgIpc) is 2.18. The molecule has 0 aliphatic heterocycles. The van der Waals surface area contributed by atoms with E-state index < -0.39 is 5.97 Å². The van der Waals surface area contributed by atoms with Crippen molar-refractivity contribution in [2.75, 3.05) is 0 Å². The molecule has 0 heterocycles. The van der Waals surface area contributed by atoms with Gasteiger partial charge in [-0.05, 0) is 36.1 Å². The van der Waals surface area contributed by atoms with Gasteiger partial charge in [-0.3, -0.25) is 4.79 Å². The van der Waals surface area contributed by atoms with Gasteiger partial charge in [0.25, 0.3) is 0 Å². The average molecular weight is 225 g/mol. The van der Waals surface area contributed by atoms with Crippen molar-refractivity contribution in [1.82, 2.24) is 0 Å². The Morgan fingerprint density at radius 2 is 2.07 bits per heavy atom. The van der Waals surface area contributed by atoms with Crippen molar-refractivity contribution in [2.24, 2.45) is 0 Å². The van der Waals surface area contributed by atoms with Gasteiger partial charge in [0.15, 0.2) is 5.22 Å². The first-order chi connectivity index (χ1) is 7.18. The van der Waals surface area contributed by atoms with E-state index in [-0.39, 0.29) is 5.22 Å². The molecule has 0 bridgehead atoms. The zero-order valence-corrected chi connectivity index (χ0v) is 9.33. The van der Waals surface area contributed by atoms with Gasteiger partial charge in [0.1, 0.15) is 0 Å². The van der Waals surface area contributed by atoms with Crippen LogP contribution in [0.1, 0.15) is 18.9 Å². The van der Waals surface area contributed by atoms with Crippen LogP contribution in [0.25, 0.3) is 0 Å². The molecule has 0 amide bonds. The molecule has 0 aliphatic rings. The number of hydrogen-bond acceptors (Lipinski definition) is 2. The van der Waals surface area contributed by atoms with Crippen LogP contribution < -0.4 is 0 Å². The van der Waals surface area contributed by atoms with Crippen molar-refractivity contribution in [2.45, 2.75) is 19.8 Å². The first-order valence-electron chi connectivity index (χ1n) is 4.76. The first-order valence-corrected chi connectivity index (χ1v) is 5.14. The molecule has 1 rings (SSSR count). The summed E-state index contributed by atoms with van der Waals surface area (Å²) in [6.45, 7) is 1.33. The molecule has 0 radical (unpaired) electrons. The summed E-state index contributed by atoms with van der Waals surface area (Å²) in [5, 5.41) is 0.151. The summed E-state index contributed by atoms with van der Waals surface area (Å²) >= 11 is 5.66. The number of rotatable bonds is 4. The molecule has 0 aliphatic carbocycles. The molecule has 0 saturated carbocycles. The largest absolute Gasteiger partial charge is 0.415 e. The van der Waals surface area contributed by atoms with Gasteiger partial charge in [0.05, 0.1) is 0 Å². The van der Waals surface area contributed by atoms with Gasteiger partial charge in [-0.25, -0.2) is 0 Å². The Labute approximate surface area is 94.5 Å². The number of esters is 1. The number of halogens is 1. The second-order valence-corrected chi connectivity index (χ2v) is 3.50. The van der Waals surface area contributed by atoms with E-state index in [1.807, 2.05) is 30.3 Å². The van der Waals surface area contributed by atoms with E-state index in [4.69, 9.17) is 11.6 Å². The molecule has 0 N–H and O–H groups in total. The monoisotopic (exact) mass is 224 g/mol. The zero-order valence-electron chi connectivity index (χ0n) is 8.57. The molecule has 3 heteroatoms. The van der Waals surface area contributed by atoms with Gasteiger partial charge >= 0.3 is 5.97 Å². The minimum Gasteiger partial charge on any atom is -0.415 e. The summed E-state index contributed by atoms with van der Waals surface area (Å²) in [5.74, 6) is -0.393. The Morgan fingerprint density at radius 1 is 1.40 bits per heavy atom. The Hall–Kier alpha value is -1.28. The van der Waals surface area contributed by atoms with Crippen molar-refractivity contribution in [3.63, 3.8) is 0 Å². The third-order valence-electron chi connectivity index (χ3n) is 1.82. The zero-order chi connectivity index (χ0) is 11.1. The molecule has 0 aromatic heterocycles. The number of aryl methyl sites for hydroxylation is 1. The van der Waals surface area contributed by atoms with E-state index in [1.165, 1.54) is 12.5 Å². The fraction of sp³-hybridized carbons (Fsp3) is 0.250. The maximum atomic E-state index is 10.5. The van der Waals surface area contributed by atoms with Gasteiger partial charge in [-0.15, -0.1) is 0 Å². The molecule has 0 saturated heterocycles.